The molecule has 0 bridgehead atoms. The summed E-state index contributed by atoms with van der Waals surface area (Å²) in [6, 6.07) is 23.3. The highest BCUT2D eigenvalue weighted by molar-refractivity contribution is 6.04. The Hall–Kier alpha value is -4.39. The average Bonchev–Trinajstić information content (AvgIpc) is 3.63. The van der Waals surface area contributed by atoms with Gasteiger partial charge >= 0.3 is 6.03 Å². The summed E-state index contributed by atoms with van der Waals surface area (Å²) in [4.78, 5) is 25.6. The number of hydrogen-bond acceptors (Lipinski definition) is 4. The molecule has 0 unspecified atom stereocenters. The molecule has 0 aliphatic heterocycles. The van der Waals surface area contributed by atoms with Crippen LogP contribution in [0.4, 0.5) is 10.5 Å². The van der Waals surface area contributed by atoms with Crippen LogP contribution >= 0.6 is 0 Å². The summed E-state index contributed by atoms with van der Waals surface area (Å²) in [5, 5.41) is 20.9. The van der Waals surface area contributed by atoms with E-state index in [-0.39, 0.29) is 23.6 Å². The highest BCUT2D eigenvalue weighted by atomic mass is 16.3. The number of amides is 2. The summed E-state index contributed by atoms with van der Waals surface area (Å²) in [7, 11) is 0. The molecule has 7 heteroatoms. The van der Waals surface area contributed by atoms with Crippen molar-refractivity contribution in [1.29, 1.82) is 0 Å². The monoisotopic (exact) mass is 466 g/mol. The van der Waals surface area contributed by atoms with Crippen LogP contribution in [0.1, 0.15) is 45.9 Å². The van der Waals surface area contributed by atoms with Gasteiger partial charge in [-0.25, -0.2) is 4.79 Å². The molecule has 0 radical (unpaired) electrons. The normalized spacial score (nSPS) is 12.8. The molecule has 1 fully saturated rings. The number of aryl methyl sites for hydroxylation is 1. The number of phenols is 1. The SMILES string of the molecule is Cc1ccc(C(=O)Nc2ccc(O)c(-c3cc(C4CC4)n(C(=O)NCc4ccccc4)n3)c2)cc1. The van der Waals surface area contributed by atoms with E-state index in [1.807, 2.05) is 55.5 Å². The average molecular weight is 467 g/mol. The number of rotatable bonds is 6. The molecule has 5 rings (SSSR count). The summed E-state index contributed by atoms with van der Waals surface area (Å²) in [6.07, 6.45) is 1.99. The van der Waals surface area contributed by atoms with E-state index >= 15 is 0 Å². The number of phenolic OH excluding ortho intramolecular Hbond substituents is 1. The van der Waals surface area contributed by atoms with Gasteiger partial charge in [-0.05, 0) is 61.7 Å². The first-order valence-electron chi connectivity index (χ1n) is 11.6. The van der Waals surface area contributed by atoms with Crippen LogP contribution in [-0.2, 0) is 6.54 Å². The standard InChI is InChI=1S/C28H26N4O3/c1-18-7-9-21(10-8-18)27(34)30-22-13-14-26(33)23(15-22)24-16-25(20-11-12-20)32(31-24)28(35)29-17-19-5-3-2-4-6-19/h2-10,13-16,20,33H,11-12,17H2,1H3,(H,29,35)(H,30,34). The summed E-state index contributed by atoms with van der Waals surface area (Å²) < 4.78 is 1.40. The van der Waals surface area contributed by atoms with Crippen molar-refractivity contribution in [2.75, 3.05) is 5.32 Å². The van der Waals surface area contributed by atoms with Crippen LogP contribution in [0.15, 0.2) is 78.9 Å². The minimum Gasteiger partial charge on any atom is -0.507 e. The molecule has 0 spiro atoms. The number of nitrogens with zero attached hydrogens (tertiary/aromatic N) is 2. The molecule has 1 aliphatic rings. The Bertz CT molecular complexity index is 1370. The largest absolute Gasteiger partial charge is 0.507 e. The molecule has 7 nitrogen and oxygen atoms in total. The van der Waals surface area contributed by atoms with E-state index in [4.69, 9.17) is 0 Å². The number of aromatic hydroxyl groups is 1. The third-order valence-electron chi connectivity index (χ3n) is 6.06. The predicted octanol–water partition coefficient (Wildman–Crippen LogP) is 5.45. The van der Waals surface area contributed by atoms with Crippen molar-refractivity contribution in [3.05, 3.63) is 101 Å². The molecule has 1 aromatic heterocycles. The Morgan fingerprint density at radius 3 is 2.46 bits per heavy atom. The van der Waals surface area contributed by atoms with Gasteiger partial charge in [-0.3, -0.25) is 4.79 Å². The van der Waals surface area contributed by atoms with Crippen molar-refractivity contribution < 1.29 is 14.7 Å². The fourth-order valence-corrected chi connectivity index (χ4v) is 3.94. The Balaban J connectivity index is 1.39. The molecule has 4 aromatic rings. The smallest absolute Gasteiger partial charge is 0.342 e. The molecule has 3 aromatic carbocycles. The van der Waals surface area contributed by atoms with Crippen LogP contribution < -0.4 is 10.6 Å². The van der Waals surface area contributed by atoms with E-state index in [1.54, 1.807) is 24.3 Å². The summed E-state index contributed by atoms with van der Waals surface area (Å²) in [6.45, 7) is 2.36. The Morgan fingerprint density at radius 2 is 1.74 bits per heavy atom. The molecule has 1 heterocycles. The predicted molar refractivity (Wildman–Crippen MR) is 135 cm³/mol. The number of carbonyl (C=O) groups excluding carboxylic acids is 2. The van der Waals surface area contributed by atoms with E-state index in [9.17, 15) is 14.7 Å². The molecule has 0 atom stereocenters. The van der Waals surface area contributed by atoms with Crippen LogP contribution in [0.2, 0.25) is 0 Å². The molecular weight excluding hydrogens is 440 g/mol. The highest BCUT2D eigenvalue weighted by Crippen LogP contribution is 2.42. The number of benzene rings is 3. The Kier molecular flexibility index (Phi) is 6.06. The lowest BCUT2D eigenvalue weighted by molar-refractivity contribution is 0.102. The zero-order chi connectivity index (χ0) is 24.4. The maximum atomic E-state index is 13.0. The maximum Gasteiger partial charge on any atom is 0.342 e. The van der Waals surface area contributed by atoms with Crippen molar-refractivity contribution in [3.63, 3.8) is 0 Å². The molecule has 1 aliphatic carbocycles. The first-order chi connectivity index (χ1) is 17.0. The number of carbonyl (C=O) groups is 2. The minimum atomic E-state index is -0.315. The van der Waals surface area contributed by atoms with Gasteiger partial charge in [0.15, 0.2) is 0 Å². The van der Waals surface area contributed by atoms with Gasteiger partial charge in [-0.1, -0.05) is 48.0 Å². The second-order valence-corrected chi connectivity index (χ2v) is 8.84. The van der Waals surface area contributed by atoms with E-state index in [2.05, 4.69) is 15.7 Å². The lowest BCUT2D eigenvalue weighted by Gasteiger charge is -2.09. The van der Waals surface area contributed by atoms with Crippen molar-refractivity contribution in [1.82, 2.24) is 15.1 Å². The van der Waals surface area contributed by atoms with E-state index in [0.29, 0.717) is 29.1 Å². The zero-order valence-electron chi connectivity index (χ0n) is 19.4. The van der Waals surface area contributed by atoms with E-state index in [0.717, 1.165) is 29.7 Å². The van der Waals surface area contributed by atoms with E-state index < -0.39 is 0 Å². The Morgan fingerprint density at radius 1 is 1.00 bits per heavy atom. The van der Waals surface area contributed by atoms with Crippen molar-refractivity contribution in [2.24, 2.45) is 0 Å². The van der Waals surface area contributed by atoms with Crippen LogP contribution in [0.25, 0.3) is 11.3 Å². The van der Waals surface area contributed by atoms with Crippen LogP contribution in [0.3, 0.4) is 0 Å². The van der Waals surface area contributed by atoms with Crippen molar-refractivity contribution in [2.45, 2.75) is 32.2 Å². The number of hydrogen-bond donors (Lipinski definition) is 3. The van der Waals surface area contributed by atoms with Crippen LogP contribution in [-0.4, -0.2) is 26.8 Å². The lowest BCUT2D eigenvalue weighted by atomic mass is 10.1. The van der Waals surface area contributed by atoms with Gasteiger partial charge in [-0.15, -0.1) is 0 Å². The minimum absolute atomic E-state index is 0.0232. The summed E-state index contributed by atoms with van der Waals surface area (Å²) >= 11 is 0. The quantitative estimate of drug-likeness (QED) is 0.329. The second-order valence-electron chi connectivity index (χ2n) is 8.84. The molecule has 2 amide bonds. The van der Waals surface area contributed by atoms with Gasteiger partial charge in [0.05, 0.1) is 11.4 Å². The number of nitrogens with one attached hydrogen (secondary N) is 2. The van der Waals surface area contributed by atoms with Gasteiger partial charge in [0.25, 0.3) is 5.91 Å². The highest BCUT2D eigenvalue weighted by Gasteiger charge is 2.30. The molecule has 1 saturated carbocycles. The maximum absolute atomic E-state index is 13.0. The van der Waals surface area contributed by atoms with Gasteiger partial charge in [-0.2, -0.15) is 9.78 Å². The van der Waals surface area contributed by atoms with E-state index in [1.165, 1.54) is 10.7 Å². The lowest BCUT2D eigenvalue weighted by Crippen LogP contribution is -2.30. The van der Waals surface area contributed by atoms with Gasteiger partial charge in [0.2, 0.25) is 0 Å². The first-order valence-corrected chi connectivity index (χ1v) is 11.6. The fraction of sp³-hybridized carbons (Fsp3) is 0.179. The third kappa shape index (κ3) is 5.09. The van der Waals surface area contributed by atoms with Crippen molar-refractivity contribution in [3.8, 4) is 17.0 Å². The number of aromatic nitrogens is 2. The summed E-state index contributed by atoms with van der Waals surface area (Å²) in [5.41, 5.74) is 4.88. The molecule has 35 heavy (non-hydrogen) atoms. The van der Waals surface area contributed by atoms with Crippen molar-refractivity contribution >= 4 is 17.6 Å². The van der Waals surface area contributed by atoms with Gasteiger partial charge < -0.3 is 15.7 Å². The molecule has 176 valence electrons. The zero-order valence-corrected chi connectivity index (χ0v) is 19.4. The first kappa shape index (κ1) is 22.4. The van der Waals surface area contributed by atoms with Crippen LogP contribution in [0, 0.1) is 6.92 Å². The summed E-state index contributed by atoms with van der Waals surface area (Å²) in [5.74, 6) is 0.0476. The molecule has 0 saturated heterocycles. The fourth-order valence-electron chi connectivity index (χ4n) is 3.94. The third-order valence-corrected chi connectivity index (χ3v) is 6.06. The van der Waals surface area contributed by atoms with Crippen LogP contribution in [0.5, 0.6) is 5.75 Å². The Labute approximate surface area is 203 Å². The van der Waals surface area contributed by atoms with Gasteiger partial charge in [0, 0.05) is 29.3 Å². The number of anilines is 1. The van der Waals surface area contributed by atoms with Gasteiger partial charge in [0.1, 0.15) is 5.75 Å². The molecular formula is C28H26N4O3. The topological polar surface area (TPSA) is 96.2 Å². The molecule has 3 N–H and O–H groups in total. The second kappa shape index (κ2) is 9.46.